The van der Waals surface area contributed by atoms with Crippen LogP contribution in [0.4, 0.5) is 0 Å². The van der Waals surface area contributed by atoms with Gasteiger partial charge in [-0.2, -0.15) is 0 Å². The molecular weight excluding hydrogens is 432 g/mol. The summed E-state index contributed by atoms with van der Waals surface area (Å²) in [7, 11) is 0. The fourth-order valence-corrected chi connectivity index (χ4v) is 4.57. The molecule has 208 valence electrons. The van der Waals surface area contributed by atoms with Crippen LogP contribution in [0.3, 0.4) is 0 Å². The summed E-state index contributed by atoms with van der Waals surface area (Å²) in [6.07, 6.45) is 37.0. The Labute approximate surface area is 219 Å². The molecule has 0 aromatic carbocycles. The molecule has 0 aromatic heterocycles. The van der Waals surface area contributed by atoms with Gasteiger partial charge in [0.2, 0.25) is 0 Å². The molecule has 35 heavy (non-hydrogen) atoms. The predicted molar refractivity (Wildman–Crippen MR) is 153 cm³/mol. The summed E-state index contributed by atoms with van der Waals surface area (Å²) in [5.74, 6) is 0.00514. The second-order valence-corrected chi connectivity index (χ2v) is 10.5. The van der Waals surface area contributed by atoms with E-state index >= 15 is 0 Å². The maximum absolute atomic E-state index is 11.8. The minimum Gasteiger partial charge on any atom is -0.466 e. The molecule has 0 atom stereocenters. The summed E-state index contributed by atoms with van der Waals surface area (Å²) < 4.78 is 5.40. The van der Waals surface area contributed by atoms with Gasteiger partial charge in [0.15, 0.2) is 0 Å². The highest BCUT2D eigenvalue weighted by molar-refractivity contribution is 5.69. The third kappa shape index (κ3) is 31.1. The first-order chi connectivity index (χ1) is 17.3. The van der Waals surface area contributed by atoms with Gasteiger partial charge in [0.1, 0.15) is 0 Å². The van der Waals surface area contributed by atoms with Crippen LogP contribution < -0.4 is 0 Å². The largest absolute Gasteiger partial charge is 0.466 e. The Bertz CT molecular complexity index is 433. The Morgan fingerprint density at radius 3 is 1.43 bits per heavy atom. The smallest absolute Gasteiger partial charge is 0.305 e. The number of aliphatic hydroxyl groups excluding tert-OH is 1. The normalized spacial score (nSPS) is 11.5. The molecule has 0 spiro atoms. The summed E-state index contributed by atoms with van der Waals surface area (Å²) in [6, 6.07) is 0. The highest BCUT2D eigenvalue weighted by Crippen LogP contribution is 2.14. The van der Waals surface area contributed by atoms with Crippen LogP contribution in [0.15, 0.2) is 12.2 Å². The van der Waals surface area contributed by atoms with Crippen LogP contribution in [0.2, 0.25) is 0 Å². The van der Waals surface area contributed by atoms with Gasteiger partial charge < -0.3 is 9.84 Å². The van der Waals surface area contributed by atoms with Crippen LogP contribution in [-0.2, 0) is 9.53 Å². The van der Waals surface area contributed by atoms with Gasteiger partial charge in [-0.25, -0.2) is 0 Å². The molecule has 1 N–H and O–H groups in total. The summed E-state index contributed by atoms with van der Waals surface area (Å²) >= 11 is 0. The standard InChI is InChI=1S/C32H62O3/c1-2-3-4-5-6-7-14-17-20-23-26-29-32(34)35-31-28-25-22-19-16-13-11-9-8-10-12-15-18-21-24-27-30-33/h5-6,33H,2-4,7-31H2,1H3. The molecule has 0 aromatic rings. The van der Waals surface area contributed by atoms with E-state index < -0.39 is 0 Å². The predicted octanol–water partition coefficient (Wildman–Crippen LogP) is 10.2. The van der Waals surface area contributed by atoms with Crippen molar-refractivity contribution in [2.75, 3.05) is 13.2 Å². The van der Waals surface area contributed by atoms with E-state index in [9.17, 15) is 4.79 Å². The Morgan fingerprint density at radius 1 is 0.543 bits per heavy atom. The van der Waals surface area contributed by atoms with Gasteiger partial charge in [-0.15, -0.1) is 0 Å². The number of carbonyl (C=O) groups excluding carboxylic acids is 1. The summed E-state index contributed by atoms with van der Waals surface area (Å²) in [5.41, 5.74) is 0. The van der Waals surface area contributed by atoms with E-state index in [1.807, 2.05) is 0 Å². The van der Waals surface area contributed by atoms with Gasteiger partial charge in [0.05, 0.1) is 6.61 Å². The average molecular weight is 495 g/mol. The summed E-state index contributed by atoms with van der Waals surface area (Å²) in [6.45, 7) is 3.21. The van der Waals surface area contributed by atoms with Crippen LogP contribution in [0.5, 0.6) is 0 Å². The molecule has 0 bridgehead atoms. The van der Waals surface area contributed by atoms with Gasteiger partial charge in [-0.1, -0.05) is 141 Å². The monoisotopic (exact) mass is 494 g/mol. The number of carbonyl (C=O) groups is 1. The fraction of sp³-hybridized carbons (Fsp3) is 0.906. The number of aliphatic hydroxyl groups is 1. The molecule has 0 aliphatic heterocycles. The van der Waals surface area contributed by atoms with E-state index in [2.05, 4.69) is 19.1 Å². The molecule has 0 fully saturated rings. The van der Waals surface area contributed by atoms with Crippen LogP contribution in [-0.4, -0.2) is 24.3 Å². The third-order valence-electron chi connectivity index (χ3n) is 6.96. The first kappa shape index (κ1) is 34.2. The number of esters is 1. The minimum absolute atomic E-state index is 0.00514. The zero-order chi connectivity index (χ0) is 25.5. The fourth-order valence-electron chi connectivity index (χ4n) is 4.57. The zero-order valence-electron chi connectivity index (χ0n) is 23.7. The third-order valence-corrected chi connectivity index (χ3v) is 6.96. The van der Waals surface area contributed by atoms with E-state index in [0.29, 0.717) is 19.6 Å². The molecule has 0 rings (SSSR count). The highest BCUT2D eigenvalue weighted by atomic mass is 16.5. The van der Waals surface area contributed by atoms with E-state index in [4.69, 9.17) is 9.84 Å². The zero-order valence-corrected chi connectivity index (χ0v) is 23.7. The van der Waals surface area contributed by atoms with Gasteiger partial charge in [-0.3, -0.25) is 4.79 Å². The minimum atomic E-state index is 0.00514. The van der Waals surface area contributed by atoms with Crippen LogP contribution in [0.25, 0.3) is 0 Å². The SMILES string of the molecule is CCCCC=CCCCCCCCC(=O)OCCCCCCCCCCCCCCCCCCO. The van der Waals surface area contributed by atoms with E-state index in [-0.39, 0.29) is 5.97 Å². The Kier molecular flexibility index (Phi) is 30.5. The number of allylic oxidation sites excluding steroid dienone is 2. The number of rotatable bonds is 29. The van der Waals surface area contributed by atoms with Crippen molar-refractivity contribution in [1.82, 2.24) is 0 Å². The molecule has 0 heterocycles. The molecule has 0 aliphatic rings. The lowest BCUT2D eigenvalue weighted by Crippen LogP contribution is -2.05. The Balaban J connectivity index is 3.16. The van der Waals surface area contributed by atoms with Crippen molar-refractivity contribution in [3.8, 4) is 0 Å². The number of unbranched alkanes of at least 4 members (excludes halogenated alkanes) is 22. The van der Waals surface area contributed by atoms with E-state index in [1.54, 1.807) is 0 Å². The quantitative estimate of drug-likeness (QED) is 0.0639. The van der Waals surface area contributed by atoms with Crippen molar-refractivity contribution < 1.29 is 14.6 Å². The van der Waals surface area contributed by atoms with Crippen LogP contribution >= 0.6 is 0 Å². The van der Waals surface area contributed by atoms with Crippen molar-refractivity contribution in [2.24, 2.45) is 0 Å². The highest BCUT2D eigenvalue weighted by Gasteiger charge is 2.02. The van der Waals surface area contributed by atoms with Gasteiger partial charge >= 0.3 is 5.97 Å². The molecule has 0 aliphatic carbocycles. The Morgan fingerprint density at radius 2 is 0.943 bits per heavy atom. The van der Waals surface area contributed by atoms with Gasteiger partial charge in [0.25, 0.3) is 0 Å². The maximum atomic E-state index is 11.8. The topological polar surface area (TPSA) is 46.5 Å². The Hall–Kier alpha value is -0.830. The lowest BCUT2D eigenvalue weighted by Gasteiger charge is -2.05. The number of hydrogen-bond donors (Lipinski definition) is 1. The average Bonchev–Trinajstić information content (AvgIpc) is 2.86. The summed E-state index contributed by atoms with van der Waals surface area (Å²) in [4.78, 5) is 11.8. The van der Waals surface area contributed by atoms with Gasteiger partial charge in [-0.05, 0) is 38.5 Å². The lowest BCUT2D eigenvalue weighted by molar-refractivity contribution is -0.143. The molecule has 0 saturated heterocycles. The number of ether oxygens (including phenoxy) is 1. The molecule has 0 amide bonds. The number of hydrogen-bond acceptors (Lipinski definition) is 3. The maximum Gasteiger partial charge on any atom is 0.305 e. The van der Waals surface area contributed by atoms with Crippen molar-refractivity contribution in [3.63, 3.8) is 0 Å². The van der Waals surface area contributed by atoms with Crippen molar-refractivity contribution >= 4 is 5.97 Å². The molecule has 0 saturated carbocycles. The second-order valence-electron chi connectivity index (χ2n) is 10.5. The first-order valence-corrected chi connectivity index (χ1v) is 15.7. The van der Waals surface area contributed by atoms with Crippen LogP contribution in [0, 0.1) is 0 Å². The van der Waals surface area contributed by atoms with Crippen molar-refractivity contribution in [2.45, 2.75) is 174 Å². The molecule has 0 unspecified atom stereocenters. The molecular formula is C32H62O3. The summed E-state index contributed by atoms with van der Waals surface area (Å²) in [5, 5.41) is 8.76. The first-order valence-electron chi connectivity index (χ1n) is 15.7. The molecule has 3 heteroatoms. The van der Waals surface area contributed by atoms with Crippen molar-refractivity contribution in [1.29, 1.82) is 0 Å². The molecule has 3 nitrogen and oxygen atoms in total. The van der Waals surface area contributed by atoms with Crippen LogP contribution in [0.1, 0.15) is 174 Å². The van der Waals surface area contributed by atoms with E-state index in [0.717, 1.165) is 25.7 Å². The van der Waals surface area contributed by atoms with Gasteiger partial charge in [0, 0.05) is 13.0 Å². The lowest BCUT2D eigenvalue weighted by atomic mass is 10.0. The van der Waals surface area contributed by atoms with E-state index in [1.165, 1.54) is 135 Å². The second kappa shape index (κ2) is 31.2. The van der Waals surface area contributed by atoms with Crippen molar-refractivity contribution in [3.05, 3.63) is 12.2 Å². The molecule has 0 radical (unpaired) electrons.